The van der Waals surface area contributed by atoms with Gasteiger partial charge in [0.1, 0.15) is 0 Å². The zero-order valence-corrected chi connectivity index (χ0v) is 19.4. The maximum atomic E-state index is 12.7. The molecule has 0 aliphatic rings. The summed E-state index contributed by atoms with van der Waals surface area (Å²) in [5.41, 5.74) is 1.85. The van der Waals surface area contributed by atoms with Gasteiger partial charge in [0.25, 0.3) is 0 Å². The van der Waals surface area contributed by atoms with Gasteiger partial charge in [0, 0.05) is 4.90 Å². The largest absolute Gasteiger partial charge is 0.324 e. The molecule has 4 aromatic rings. The minimum absolute atomic E-state index is 0.132. The Morgan fingerprint density at radius 3 is 2.62 bits per heavy atom. The number of nitrogens with zero attached hydrogens (tertiary/aromatic N) is 4. The number of hydrogen-bond acceptors (Lipinski definition) is 7. The van der Waals surface area contributed by atoms with Crippen LogP contribution in [0, 0.1) is 11.3 Å². The van der Waals surface area contributed by atoms with Crippen LogP contribution in [-0.4, -0.2) is 32.2 Å². The van der Waals surface area contributed by atoms with E-state index in [2.05, 4.69) is 38.3 Å². The van der Waals surface area contributed by atoms with Crippen LogP contribution in [0.1, 0.15) is 5.56 Å². The number of benzene rings is 2. The predicted molar refractivity (Wildman–Crippen MR) is 131 cm³/mol. The van der Waals surface area contributed by atoms with Gasteiger partial charge in [-0.3, -0.25) is 9.36 Å². The Labute approximate surface area is 198 Å². The van der Waals surface area contributed by atoms with Crippen LogP contribution >= 0.6 is 34.9 Å². The van der Waals surface area contributed by atoms with Gasteiger partial charge in [-0.25, -0.2) is 0 Å². The Hall–Kier alpha value is -3.06. The number of nitrogens with one attached hydrogen (secondary N) is 1. The van der Waals surface area contributed by atoms with Gasteiger partial charge in [0.2, 0.25) is 5.91 Å². The fourth-order valence-corrected chi connectivity index (χ4v) is 5.14. The summed E-state index contributed by atoms with van der Waals surface area (Å²) in [7, 11) is 0. The molecule has 0 aliphatic heterocycles. The molecule has 1 amide bonds. The molecular formula is C23H19N5OS3. The van der Waals surface area contributed by atoms with Crippen molar-refractivity contribution in [2.45, 2.75) is 16.6 Å². The lowest BCUT2D eigenvalue weighted by molar-refractivity contribution is -0.113. The number of anilines is 1. The topological polar surface area (TPSA) is 83.6 Å². The molecule has 0 atom stereocenters. The first kappa shape index (κ1) is 22.1. The number of para-hydroxylation sites is 1. The van der Waals surface area contributed by atoms with Crippen molar-refractivity contribution in [2.75, 3.05) is 16.8 Å². The molecule has 32 heavy (non-hydrogen) atoms. The first-order chi connectivity index (χ1) is 15.7. The lowest BCUT2D eigenvalue weighted by Crippen LogP contribution is -2.15. The molecule has 2 aromatic heterocycles. The Bertz CT molecular complexity index is 1220. The summed E-state index contributed by atoms with van der Waals surface area (Å²) >= 11 is 4.37. The third kappa shape index (κ3) is 5.59. The van der Waals surface area contributed by atoms with Gasteiger partial charge >= 0.3 is 0 Å². The average Bonchev–Trinajstić information content (AvgIpc) is 3.48. The first-order valence-corrected chi connectivity index (χ1v) is 12.6. The van der Waals surface area contributed by atoms with Gasteiger partial charge in [-0.2, -0.15) is 5.26 Å². The third-order valence-electron chi connectivity index (χ3n) is 4.43. The summed E-state index contributed by atoms with van der Waals surface area (Å²) in [4.78, 5) is 14.6. The summed E-state index contributed by atoms with van der Waals surface area (Å²) in [5.74, 6) is 1.20. The zero-order valence-electron chi connectivity index (χ0n) is 17.0. The number of thiophene rings is 1. The molecule has 6 nitrogen and oxygen atoms in total. The summed E-state index contributed by atoms with van der Waals surface area (Å²) in [6.07, 6.45) is 0. The fourth-order valence-electron chi connectivity index (χ4n) is 3.01. The van der Waals surface area contributed by atoms with Gasteiger partial charge in [-0.1, -0.05) is 60.3 Å². The quantitative estimate of drug-likeness (QED) is 0.325. The lowest BCUT2D eigenvalue weighted by atomic mass is 10.2. The van der Waals surface area contributed by atoms with Gasteiger partial charge in [-0.15, -0.1) is 33.3 Å². The van der Waals surface area contributed by atoms with E-state index in [1.54, 1.807) is 11.3 Å². The molecule has 160 valence electrons. The molecule has 2 heterocycles. The predicted octanol–water partition coefficient (Wildman–Crippen LogP) is 5.40. The summed E-state index contributed by atoms with van der Waals surface area (Å²) < 4.78 is 2.05. The van der Waals surface area contributed by atoms with Crippen LogP contribution in [0.3, 0.4) is 0 Å². The van der Waals surface area contributed by atoms with Crippen molar-refractivity contribution in [1.82, 2.24) is 14.8 Å². The van der Waals surface area contributed by atoms with Crippen molar-refractivity contribution >= 4 is 46.5 Å². The molecule has 0 spiro atoms. The highest BCUT2D eigenvalue weighted by Crippen LogP contribution is 2.29. The first-order valence-electron chi connectivity index (χ1n) is 9.77. The van der Waals surface area contributed by atoms with Gasteiger partial charge in [0.05, 0.1) is 34.7 Å². The van der Waals surface area contributed by atoms with E-state index in [9.17, 15) is 4.79 Å². The molecule has 9 heteroatoms. The smallest absolute Gasteiger partial charge is 0.234 e. The SMILES string of the molecule is N#CCSc1ccccc1NC(=O)CSc1nnc(-c2cccs2)n1Cc1ccccc1. The Morgan fingerprint density at radius 2 is 1.84 bits per heavy atom. The van der Waals surface area contributed by atoms with Crippen LogP contribution in [0.4, 0.5) is 5.69 Å². The fraction of sp³-hybridized carbons (Fsp3) is 0.130. The highest BCUT2D eigenvalue weighted by molar-refractivity contribution is 8.00. The Kier molecular flexibility index (Phi) is 7.61. The standard InChI is InChI=1S/C23H19N5OS3/c24-12-14-31-19-10-5-4-9-18(19)25-21(29)16-32-23-27-26-22(20-11-6-13-30-20)28(23)15-17-7-2-1-3-8-17/h1-11,13H,14-16H2,(H,25,29). The van der Waals surface area contributed by atoms with Crippen molar-refractivity contribution in [3.05, 3.63) is 77.7 Å². The van der Waals surface area contributed by atoms with Crippen LogP contribution < -0.4 is 5.32 Å². The summed E-state index contributed by atoms with van der Waals surface area (Å²) in [6.45, 7) is 0.624. The molecule has 1 N–H and O–H groups in total. The number of carbonyl (C=O) groups is 1. The molecule has 0 unspecified atom stereocenters. The van der Waals surface area contributed by atoms with Crippen molar-refractivity contribution < 1.29 is 4.79 Å². The van der Waals surface area contributed by atoms with Crippen LogP contribution in [0.2, 0.25) is 0 Å². The Balaban J connectivity index is 1.49. The molecule has 0 aliphatic carbocycles. The van der Waals surface area contributed by atoms with Crippen molar-refractivity contribution in [3.63, 3.8) is 0 Å². The maximum absolute atomic E-state index is 12.7. The molecule has 0 bridgehead atoms. The van der Waals surface area contributed by atoms with Crippen LogP contribution in [0.15, 0.2) is 82.2 Å². The average molecular weight is 478 g/mol. The van der Waals surface area contributed by atoms with E-state index in [4.69, 9.17) is 5.26 Å². The molecule has 0 saturated heterocycles. The van der Waals surface area contributed by atoms with Crippen LogP contribution in [0.25, 0.3) is 10.7 Å². The number of nitriles is 1. The number of aromatic nitrogens is 3. The third-order valence-corrected chi connectivity index (χ3v) is 7.20. The van der Waals surface area contributed by atoms with E-state index >= 15 is 0 Å². The summed E-state index contributed by atoms with van der Waals surface area (Å²) in [5, 5.41) is 23.3. The molecule has 2 aromatic carbocycles. The molecule has 0 fully saturated rings. The van der Waals surface area contributed by atoms with E-state index in [0.29, 0.717) is 23.1 Å². The normalized spacial score (nSPS) is 10.6. The van der Waals surface area contributed by atoms with E-state index < -0.39 is 0 Å². The second-order valence-electron chi connectivity index (χ2n) is 6.64. The number of carbonyl (C=O) groups excluding carboxylic acids is 1. The number of amides is 1. The van der Waals surface area contributed by atoms with Gasteiger partial charge in [0.15, 0.2) is 11.0 Å². The van der Waals surface area contributed by atoms with Gasteiger partial charge in [-0.05, 0) is 29.1 Å². The van der Waals surface area contributed by atoms with E-state index in [1.807, 2.05) is 60.0 Å². The van der Waals surface area contributed by atoms with Crippen LogP contribution in [0.5, 0.6) is 0 Å². The minimum Gasteiger partial charge on any atom is -0.324 e. The highest BCUT2D eigenvalue weighted by Gasteiger charge is 2.17. The molecule has 0 radical (unpaired) electrons. The molecule has 4 rings (SSSR count). The van der Waals surface area contributed by atoms with E-state index in [0.717, 1.165) is 21.2 Å². The Morgan fingerprint density at radius 1 is 1.03 bits per heavy atom. The number of rotatable bonds is 9. The van der Waals surface area contributed by atoms with Crippen molar-refractivity contribution in [1.29, 1.82) is 5.26 Å². The van der Waals surface area contributed by atoms with E-state index in [1.165, 1.54) is 23.5 Å². The van der Waals surface area contributed by atoms with Crippen molar-refractivity contribution in [2.24, 2.45) is 0 Å². The number of thioether (sulfide) groups is 2. The second-order valence-corrected chi connectivity index (χ2v) is 9.54. The minimum atomic E-state index is -0.132. The van der Waals surface area contributed by atoms with E-state index in [-0.39, 0.29) is 11.7 Å². The maximum Gasteiger partial charge on any atom is 0.234 e. The second kappa shape index (κ2) is 11.0. The highest BCUT2D eigenvalue weighted by atomic mass is 32.2. The summed E-state index contributed by atoms with van der Waals surface area (Å²) in [6, 6.07) is 23.7. The van der Waals surface area contributed by atoms with Crippen LogP contribution in [-0.2, 0) is 11.3 Å². The zero-order chi connectivity index (χ0) is 22.2. The number of hydrogen-bond donors (Lipinski definition) is 1. The van der Waals surface area contributed by atoms with Crippen molar-refractivity contribution in [3.8, 4) is 16.8 Å². The lowest BCUT2D eigenvalue weighted by Gasteiger charge is -2.11. The van der Waals surface area contributed by atoms with Gasteiger partial charge < -0.3 is 5.32 Å². The molecular weight excluding hydrogens is 458 g/mol. The monoisotopic (exact) mass is 477 g/mol. The molecule has 0 saturated carbocycles.